The van der Waals surface area contributed by atoms with Crippen LogP contribution in [0, 0.1) is 10.1 Å². The van der Waals surface area contributed by atoms with E-state index in [1.807, 2.05) is 30.3 Å². The van der Waals surface area contributed by atoms with Crippen LogP contribution >= 0.6 is 0 Å². The number of aromatic amines is 1. The van der Waals surface area contributed by atoms with Crippen LogP contribution in [0.25, 0.3) is 0 Å². The number of H-pyrrole nitrogens is 1. The monoisotopic (exact) mass is 264 g/mol. The first-order chi connectivity index (χ1) is 9.09. The number of aromatic nitrogens is 2. The molecule has 1 aromatic heterocycles. The molecule has 0 radical (unpaired) electrons. The first-order valence-corrected chi connectivity index (χ1v) is 5.19. The number of nitrogens with two attached hydrogens (primary N) is 1. The molecule has 2 rings (SSSR count). The summed E-state index contributed by atoms with van der Waals surface area (Å²) >= 11 is 0. The number of amides is 1. The summed E-state index contributed by atoms with van der Waals surface area (Å²) in [7, 11) is 0. The average Bonchev–Trinajstić information content (AvgIpc) is 2.92. The molecule has 0 saturated heterocycles. The van der Waals surface area contributed by atoms with E-state index in [9.17, 15) is 14.9 Å². The van der Waals surface area contributed by atoms with Gasteiger partial charge in [0, 0.05) is 0 Å². The summed E-state index contributed by atoms with van der Waals surface area (Å²) in [5.41, 5.74) is 5.72. The van der Waals surface area contributed by atoms with E-state index < -0.39 is 11.0 Å². The number of nitro groups is 1. The van der Waals surface area contributed by atoms with Crippen LogP contribution in [-0.4, -0.2) is 21.2 Å². The molecule has 0 atom stereocenters. The summed E-state index contributed by atoms with van der Waals surface area (Å²) in [6, 6.07) is 10.7. The normalized spacial score (nSPS) is 9.05. The van der Waals surface area contributed by atoms with E-state index in [1.165, 1.54) is 12.3 Å². The third-order valence-corrected chi connectivity index (χ3v) is 1.91. The van der Waals surface area contributed by atoms with E-state index in [-0.39, 0.29) is 12.4 Å². The summed E-state index contributed by atoms with van der Waals surface area (Å²) in [5, 5.41) is 15.4. The summed E-state index contributed by atoms with van der Waals surface area (Å²) in [6.45, 7) is 0.246. The van der Waals surface area contributed by atoms with Crippen LogP contribution < -0.4 is 5.73 Å². The Morgan fingerprint density at radius 3 is 2.47 bits per heavy atom. The van der Waals surface area contributed by atoms with Crippen LogP contribution in [0.1, 0.15) is 5.56 Å². The lowest BCUT2D eigenvalue weighted by Gasteiger charge is -1.99. The minimum Gasteiger partial charge on any atom is -0.445 e. The molecule has 0 spiro atoms. The smallest absolute Gasteiger partial charge is 0.404 e. The molecule has 8 heteroatoms. The predicted molar refractivity (Wildman–Crippen MR) is 66.1 cm³/mol. The molecule has 0 fully saturated rings. The molecule has 1 aromatic carbocycles. The van der Waals surface area contributed by atoms with Gasteiger partial charge in [-0.15, -0.1) is 5.10 Å². The minimum absolute atomic E-state index is 0.0787. The van der Waals surface area contributed by atoms with E-state index in [2.05, 4.69) is 14.9 Å². The summed E-state index contributed by atoms with van der Waals surface area (Å²) in [5.74, 6) is -0.0787. The van der Waals surface area contributed by atoms with Gasteiger partial charge >= 0.3 is 11.9 Å². The average molecular weight is 264 g/mol. The Kier molecular flexibility index (Phi) is 5.54. The zero-order chi connectivity index (χ0) is 14.1. The number of rotatable bonds is 3. The molecule has 19 heavy (non-hydrogen) atoms. The zero-order valence-corrected chi connectivity index (χ0v) is 9.85. The Labute approximate surface area is 108 Å². The number of ether oxygens (including phenoxy) is 1. The second kappa shape index (κ2) is 7.43. The fourth-order valence-corrected chi connectivity index (χ4v) is 1.08. The maximum Gasteiger partial charge on any atom is 0.404 e. The Balaban J connectivity index is 0.000000200. The molecular formula is C11H12N4O4. The van der Waals surface area contributed by atoms with Gasteiger partial charge in [-0.05, 0) is 10.5 Å². The molecule has 3 N–H and O–H groups in total. The molecule has 0 aliphatic heterocycles. The van der Waals surface area contributed by atoms with Crippen molar-refractivity contribution in [2.45, 2.75) is 6.61 Å². The van der Waals surface area contributed by atoms with Gasteiger partial charge in [0.15, 0.2) is 0 Å². The Bertz CT molecular complexity index is 513. The van der Waals surface area contributed by atoms with Gasteiger partial charge in [0.2, 0.25) is 0 Å². The number of carbonyl (C=O) groups excluding carboxylic acids is 1. The van der Waals surface area contributed by atoms with Crippen LogP contribution in [0.5, 0.6) is 0 Å². The van der Waals surface area contributed by atoms with E-state index in [0.717, 1.165) is 5.56 Å². The van der Waals surface area contributed by atoms with Gasteiger partial charge in [-0.25, -0.2) is 4.79 Å². The fourth-order valence-electron chi connectivity index (χ4n) is 1.08. The third-order valence-electron chi connectivity index (χ3n) is 1.91. The van der Waals surface area contributed by atoms with E-state index >= 15 is 0 Å². The number of nitrogens with zero attached hydrogens (tertiary/aromatic N) is 2. The Morgan fingerprint density at radius 2 is 2.05 bits per heavy atom. The maximum absolute atomic E-state index is 10.2. The van der Waals surface area contributed by atoms with E-state index in [0.29, 0.717) is 0 Å². The molecule has 0 aliphatic rings. The highest BCUT2D eigenvalue weighted by molar-refractivity contribution is 5.64. The molecule has 0 aliphatic carbocycles. The molecule has 8 nitrogen and oxygen atoms in total. The summed E-state index contributed by atoms with van der Waals surface area (Å²) in [4.78, 5) is 19.4. The van der Waals surface area contributed by atoms with Crippen molar-refractivity contribution in [3.05, 3.63) is 58.3 Å². The molecule has 0 saturated carbocycles. The Morgan fingerprint density at radius 1 is 1.37 bits per heavy atom. The lowest BCUT2D eigenvalue weighted by molar-refractivity contribution is -0.389. The molecule has 1 heterocycles. The quantitative estimate of drug-likeness (QED) is 0.643. The highest BCUT2D eigenvalue weighted by atomic mass is 16.6. The van der Waals surface area contributed by atoms with Crippen molar-refractivity contribution < 1.29 is 14.5 Å². The van der Waals surface area contributed by atoms with Crippen molar-refractivity contribution >= 4 is 11.9 Å². The minimum atomic E-state index is -0.742. The number of hydrogen-bond donors (Lipinski definition) is 2. The number of nitrogens with one attached hydrogen (secondary N) is 1. The first kappa shape index (κ1) is 14.2. The molecule has 0 unspecified atom stereocenters. The van der Waals surface area contributed by atoms with Gasteiger partial charge in [0.1, 0.15) is 6.61 Å². The van der Waals surface area contributed by atoms with Crippen molar-refractivity contribution in [3.63, 3.8) is 0 Å². The predicted octanol–water partition coefficient (Wildman–Crippen LogP) is 1.60. The SMILES string of the molecule is NC(=O)OCc1ccccc1.O=[N+]([O-])c1ccn[nH]1. The molecule has 0 bridgehead atoms. The van der Waals surface area contributed by atoms with Crippen LogP contribution in [0.4, 0.5) is 10.6 Å². The number of primary amides is 1. The van der Waals surface area contributed by atoms with Crippen molar-refractivity contribution in [2.75, 3.05) is 0 Å². The van der Waals surface area contributed by atoms with E-state index in [4.69, 9.17) is 5.73 Å². The first-order valence-electron chi connectivity index (χ1n) is 5.19. The second-order valence-corrected chi connectivity index (χ2v) is 3.29. The van der Waals surface area contributed by atoms with Gasteiger partial charge < -0.3 is 20.6 Å². The van der Waals surface area contributed by atoms with Crippen LogP contribution in [0.2, 0.25) is 0 Å². The lowest BCUT2D eigenvalue weighted by atomic mass is 10.2. The van der Waals surface area contributed by atoms with Crippen molar-refractivity contribution in [3.8, 4) is 0 Å². The number of hydrogen-bond acceptors (Lipinski definition) is 5. The van der Waals surface area contributed by atoms with Crippen LogP contribution in [0.15, 0.2) is 42.6 Å². The van der Waals surface area contributed by atoms with Gasteiger partial charge in [-0.3, -0.25) is 0 Å². The van der Waals surface area contributed by atoms with Gasteiger partial charge in [-0.2, -0.15) is 0 Å². The molecule has 2 aromatic rings. The van der Waals surface area contributed by atoms with Gasteiger partial charge in [-0.1, -0.05) is 35.4 Å². The van der Waals surface area contributed by atoms with Crippen molar-refractivity contribution in [2.24, 2.45) is 5.73 Å². The van der Waals surface area contributed by atoms with Gasteiger partial charge in [0.25, 0.3) is 0 Å². The number of carbonyl (C=O) groups is 1. The molecular weight excluding hydrogens is 252 g/mol. The molecule has 1 amide bonds. The standard InChI is InChI=1S/C8H9NO2.C3H3N3O2/c9-8(10)11-6-7-4-2-1-3-5-7;7-6(8)3-1-2-4-5-3/h1-5H,6H2,(H2,9,10);1-2H,(H,4,5). The Hall–Kier alpha value is -2.90. The summed E-state index contributed by atoms with van der Waals surface area (Å²) in [6.07, 6.45) is 0.590. The summed E-state index contributed by atoms with van der Waals surface area (Å²) < 4.78 is 4.57. The third kappa shape index (κ3) is 5.82. The topological polar surface area (TPSA) is 124 Å². The largest absolute Gasteiger partial charge is 0.445 e. The van der Waals surface area contributed by atoms with Crippen molar-refractivity contribution in [1.82, 2.24) is 10.2 Å². The van der Waals surface area contributed by atoms with Crippen LogP contribution in [-0.2, 0) is 11.3 Å². The second-order valence-electron chi connectivity index (χ2n) is 3.29. The highest BCUT2D eigenvalue weighted by Gasteiger charge is 1.99. The highest BCUT2D eigenvalue weighted by Crippen LogP contribution is 2.00. The van der Waals surface area contributed by atoms with E-state index in [1.54, 1.807) is 0 Å². The molecule has 100 valence electrons. The fraction of sp³-hybridized carbons (Fsp3) is 0.0909. The zero-order valence-electron chi connectivity index (χ0n) is 9.85. The van der Waals surface area contributed by atoms with Crippen molar-refractivity contribution in [1.29, 1.82) is 0 Å². The number of benzene rings is 1. The van der Waals surface area contributed by atoms with Crippen LogP contribution in [0.3, 0.4) is 0 Å². The maximum atomic E-state index is 10.2. The lowest BCUT2D eigenvalue weighted by Crippen LogP contribution is -2.12. The van der Waals surface area contributed by atoms with Gasteiger partial charge in [0.05, 0.1) is 12.3 Å².